The van der Waals surface area contributed by atoms with Crippen LogP contribution in [0.1, 0.15) is 19.1 Å². The highest BCUT2D eigenvalue weighted by atomic mass is 35.5. The smallest absolute Gasteiger partial charge is 0.352 e. The minimum absolute atomic E-state index is 0.0270. The summed E-state index contributed by atoms with van der Waals surface area (Å²) in [5.41, 5.74) is 0.788. The largest absolute Gasteiger partial charge is 0.485 e. The summed E-state index contributed by atoms with van der Waals surface area (Å²) in [4.78, 5) is 40.2. The molecule has 1 aliphatic rings. The third-order valence-corrected chi connectivity index (χ3v) is 7.50. The van der Waals surface area contributed by atoms with Gasteiger partial charge in [0.25, 0.3) is 0 Å². The van der Waals surface area contributed by atoms with Gasteiger partial charge >= 0.3 is 25.0 Å². The summed E-state index contributed by atoms with van der Waals surface area (Å²) in [5, 5.41) is 0.0937. The van der Waals surface area contributed by atoms with Gasteiger partial charge in [0.15, 0.2) is 10.8 Å². The second-order valence-corrected chi connectivity index (χ2v) is 10.00. The van der Waals surface area contributed by atoms with Crippen LogP contribution >= 0.6 is 48.2 Å². The third kappa shape index (κ3) is 6.21. The van der Waals surface area contributed by atoms with Crippen LogP contribution in [0, 0.1) is 0 Å². The molecule has 2 aromatic rings. The van der Waals surface area contributed by atoms with Crippen molar-refractivity contribution in [2.75, 3.05) is 13.7 Å². The molecule has 0 spiro atoms. The van der Waals surface area contributed by atoms with E-state index in [1.165, 1.54) is 6.33 Å². The highest BCUT2D eigenvalue weighted by molar-refractivity contribution is 7.63. The summed E-state index contributed by atoms with van der Waals surface area (Å²) in [6, 6.07) is 0. The van der Waals surface area contributed by atoms with Crippen LogP contribution in [0.2, 0.25) is 10.4 Å². The number of fused-ring (bicyclic) bond motifs is 1. The number of rotatable bonds is 9. The molecule has 3 rings (SSSR count). The Labute approximate surface area is 176 Å². The maximum atomic E-state index is 11.6. The van der Waals surface area contributed by atoms with Gasteiger partial charge in [-0.25, -0.2) is 23.2 Å². The van der Waals surface area contributed by atoms with Crippen LogP contribution in [0.3, 0.4) is 0 Å². The summed E-state index contributed by atoms with van der Waals surface area (Å²) >= 11 is 11.8. The Balaban J connectivity index is 1.54. The van der Waals surface area contributed by atoms with Gasteiger partial charge in [0.2, 0.25) is 5.28 Å². The van der Waals surface area contributed by atoms with Crippen molar-refractivity contribution in [3.63, 3.8) is 0 Å². The summed E-state index contributed by atoms with van der Waals surface area (Å²) in [6.07, 6.45) is 1.75. The van der Waals surface area contributed by atoms with Crippen molar-refractivity contribution in [3.05, 3.63) is 16.8 Å². The van der Waals surface area contributed by atoms with Crippen LogP contribution in [0.5, 0.6) is 0 Å². The number of imidazole rings is 1. The minimum atomic E-state index is -4.76. The van der Waals surface area contributed by atoms with E-state index in [-0.39, 0.29) is 17.0 Å². The standard InChI is InChI=1S/C11H15Cl2N4O9P3/c1-22-27(18)25-29(20,21)26-28(19)23-4-6-2-3-7(24-6)17-5-14-8-9(12)15-11(13)16-10(8)17/h5-7,18-19H,2-4H2,1H3,(H,20,21). The average Bonchev–Trinajstić information content (AvgIpc) is 3.25. The second kappa shape index (κ2) is 10.0. The van der Waals surface area contributed by atoms with Gasteiger partial charge < -0.3 is 28.5 Å². The maximum Gasteiger partial charge on any atom is 0.485 e. The van der Waals surface area contributed by atoms with E-state index < -0.39 is 37.4 Å². The van der Waals surface area contributed by atoms with Crippen LogP contribution in [0.4, 0.5) is 0 Å². The molecular formula is C11H15Cl2N4O9P3. The molecule has 0 amide bonds. The Morgan fingerprint density at radius 2 is 2.03 bits per heavy atom. The van der Waals surface area contributed by atoms with E-state index in [0.717, 1.165) is 7.11 Å². The molecule has 1 fully saturated rings. The lowest BCUT2D eigenvalue weighted by atomic mass is 10.2. The van der Waals surface area contributed by atoms with Crippen molar-refractivity contribution in [3.8, 4) is 0 Å². The minimum Gasteiger partial charge on any atom is -0.352 e. The van der Waals surface area contributed by atoms with E-state index >= 15 is 0 Å². The van der Waals surface area contributed by atoms with Gasteiger partial charge in [-0.05, 0) is 24.4 Å². The first kappa shape index (κ1) is 23.6. The molecule has 1 saturated heterocycles. The van der Waals surface area contributed by atoms with Gasteiger partial charge in [-0.15, -0.1) is 0 Å². The first-order valence-corrected chi connectivity index (χ1v) is 12.3. The van der Waals surface area contributed by atoms with Gasteiger partial charge in [-0.1, -0.05) is 11.6 Å². The summed E-state index contributed by atoms with van der Waals surface area (Å²) < 4.78 is 37.0. The zero-order valence-electron chi connectivity index (χ0n) is 14.5. The van der Waals surface area contributed by atoms with Gasteiger partial charge in [-0.2, -0.15) is 4.98 Å². The van der Waals surface area contributed by atoms with Crippen LogP contribution in [-0.4, -0.2) is 54.0 Å². The van der Waals surface area contributed by atoms with Crippen LogP contribution in [0.15, 0.2) is 6.33 Å². The van der Waals surface area contributed by atoms with E-state index in [0.29, 0.717) is 24.0 Å². The number of hydrogen-bond donors (Lipinski definition) is 3. The number of nitrogens with zero attached hydrogens (tertiary/aromatic N) is 4. The topological polar surface area (TPSA) is 168 Å². The first-order chi connectivity index (χ1) is 13.7. The molecule has 0 aromatic carbocycles. The lowest BCUT2D eigenvalue weighted by Gasteiger charge is -2.18. The van der Waals surface area contributed by atoms with Gasteiger partial charge in [-0.3, -0.25) is 4.57 Å². The Morgan fingerprint density at radius 1 is 1.31 bits per heavy atom. The summed E-state index contributed by atoms with van der Waals surface area (Å²) in [5.74, 6) is 0. The lowest BCUT2D eigenvalue weighted by Crippen LogP contribution is -2.15. The van der Waals surface area contributed by atoms with E-state index in [1.807, 2.05) is 0 Å². The number of aromatic nitrogens is 4. The lowest BCUT2D eigenvalue weighted by molar-refractivity contribution is -0.0176. The first-order valence-electron chi connectivity index (χ1n) is 7.77. The van der Waals surface area contributed by atoms with Crippen molar-refractivity contribution in [2.24, 2.45) is 0 Å². The molecule has 0 saturated carbocycles. The molecule has 5 atom stereocenters. The van der Waals surface area contributed by atoms with Crippen LogP contribution < -0.4 is 0 Å². The molecular weight excluding hydrogens is 496 g/mol. The van der Waals surface area contributed by atoms with E-state index in [2.05, 4.69) is 28.1 Å². The number of phosphoric acid groups is 1. The molecule has 0 aliphatic carbocycles. The van der Waals surface area contributed by atoms with Crippen molar-refractivity contribution >= 4 is 59.4 Å². The molecule has 3 N–H and O–H groups in total. The van der Waals surface area contributed by atoms with Crippen molar-refractivity contribution in [1.82, 2.24) is 19.5 Å². The predicted octanol–water partition coefficient (Wildman–Crippen LogP) is 3.05. The van der Waals surface area contributed by atoms with Gasteiger partial charge in [0, 0.05) is 7.11 Å². The monoisotopic (exact) mass is 510 g/mol. The molecule has 2 aromatic heterocycles. The maximum absolute atomic E-state index is 11.6. The Bertz CT molecular complexity index is 908. The van der Waals surface area contributed by atoms with E-state index in [1.54, 1.807) is 4.57 Å². The van der Waals surface area contributed by atoms with Crippen LogP contribution in [0.25, 0.3) is 11.2 Å². The average molecular weight is 511 g/mol. The number of halogens is 2. The van der Waals surface area contributed by atoms with E-state index in [4.69, 9.17) is 37.4 Å². The van der Waals surface area contributed by atoms with Crippen molar-refractivity contribution in [2.45, 2.75) is 25.2 Å². The number of ether oxygens (including phenoxy) is 1. The highest BCUT2D eigenvalue weighted by Gasteiger charge is 2.34. The normalized spacial score (nSPS) is 23.9. The molecule has 1 aliphatic heterocycles. The zero-order chi connectivity index (χ0) is 21.2. The molecule has 162 valence electrons. The molecule has 13 nitrogen and oxygen atoms in total. The fourth-order valence-electron chi connectivity index (χ4n) is 2.48. The molecule has 5 unspecified atom stereocenters. The highest BCUT2D eigenvalue weighted by Crippen LogP contribution is 2.62. The molecule has 29 heavy (non-hydrogen) atoms. The van der Waals surface area contributed by atoms with Crippen molar-refractivity contribution in [1.29, 1.82) is 0 Å². The van der Waals surface area contributed by atoms with Crippen molar-refractivity contribution < 1.29 is 41.7 Å². The second-order valence-electron chi connectivity index (χ2n) is 5.48. The fourth-order valence-corrected chi connectivity index (χ4v) is 5.45. The molecule has 0 bridgehead atoms. The molecule has 3 heterocycles. The molecule has 0 radical (unpaired) electrons. The Hall–Kier alpha value is -0.100. The SMILES string of the molecule is COP(O)OP(=O)(O)OP(O)OCC1CCC(n2cnc3c(Cl)nc(Cl)nc32)O1. The van der Waals surface area contributed by atoms with Gasteiger partial charge in [0.05, 0.1) is 19.0 Å². The number of hydrogen-bond acceptors (Lipinski definition) is 11. The molecule has 18 heteroatoms. The Kier molecular flexibility index (Phi) is 8.14. The fraction of sp³-hybridized carbons (Fsp3) is 0.545. The third-order valence-electron chi connectivity index (χ3n) is 3.62. The van der Waals surface area contributed by atoms with E-state index in [9.17, 15) is 14.4 Å². The zero-order valence-corrected chi connectivity index (χ0v) is 18.7. The summed E-state index contributed by atoms with van der Waals surface area (Å²) in [6.45, 7) is -0.125. The van der Waals surface area contributed by atoms with Crippen LogP contribution in [-0.2, 0) is 27.0 Å². The summed E-state index contributed by atoms with van der Waals surface area (Å²) in [7, 11) is -9.08. The predicted molar refractivity (Wildman–Crippen MR) is 102 cm³/mol. The Morgan fingerprint density at radius 3 is 2.76 bits per heavy atom. The quantitative estimate of drug-likeness (QED) is 0.256. The van der Waals surface area contributed by atoms with Gasteiger partial charge in [0.1, 0.15) is 11.7 Å².